The Hall–Kier alpha value is -2.07. The Kier molecular flexibility index (Phi) is 4.81. The number of aryl methyl sites for hydroxylation is 1. The maximum Gasteiger partial charge on any atom is 0.169 e. The normalized spacial score (nSPS) is 12.0. The fourth-order valence-corrected chi connectivity index (χ4v) is 2.10. The molecule has 0 aliphatic rings. The largest absolute Gasteiger partial charge is 0.493 e. The smallest absolute Gasteiger partial charge is 0.169 e. The molecule has 0 aliphatic carbocycles. The number of ether oxygens (including phenoxy) is 2. The van der Waals surface area contributed by atoms with Gasteiger partial charge in [0.05, 0.1) is 7.11 Å². The minimum Gasteiger partial charge on any atom is -0.493 e. The van der Waals surface area contributed by atoms with Gasteiger partial charge in [0.25, 0.3) is 0 Å². The van der Waals surface area contributed by atoms with Gasteiger partial charge in [-0.05, 0) is 49.2 Å². The summed E-state index contributed by atoms with van der Waals surface area (Å²) >= 11 is 0. The third kappa shape index (κ3) is 3.52. The van der Waals surface area contributed by atoms with Gasteiger partial charge in [-0.15, -0.1) is 0 Å². The molecule has 0 fully saturated rings. The van der Waals surface area contributed by atoms with Crippen molar-refractivity contribution >= 4 is 0 Å². The zero-order chi connectivity index (χ0) is 15.4. The van der Waals surface area contributed by atoms with Crippen LogP contribution < -0.4 is 15.2 Å². The molecular formula is C17H20FNO2. The number of benzene rings is 2. The van der Waals surface area contributed by atoms with Gasteiger partial charge in [0.1, 0.15) is 11.6 Å². The van der Waals surface area contributed by atoms with Gasteiger partial charge >= 0.3 is 0 Å². The molecule has 2 aromatic rings. The molecule has 1 unspecified atom stereocenters. The molecule has 0 amide bonds. The average Bonchev–Trinajstić information content (AvgIpc) is 2.49. The zero-order valence-electron chi connectivity index (χ0n) is 12.5. The van der Waals surface area contributed by atoms with Crippen LogP contribution in [0.2, 0.25) is 0 Å². The molecule has 0 aliphatic heterocycles. The molecule has 0 saturated carbocycles. The summed E-state index contributed by atoms with van der Waals surface area (Å²) in [5.74, 6) is 1.44. The van der Waals surface area contributed by atoms with E-state index in [0.717, 1.165) is 12.0 Å². The number of nitrogens with two attached hydrogens (primary N) is 1. The fraction of sp³-hybridized carbons (Fsp3) is 0.294. The topological polar surface area (TPSA) is 44.5 Å². The van der Waals surface area contributed by atoms with Crippen molar-refractivity contribution in [2.45, 2.75) is 26.3 Å². The van der Waals surface area contributed by atoms with E-state index in [0.29, 0.717) is 22.8 Å². The highest BCUT2D eigenvalue weighted by Crippen LogP contribution is 2.35. The van der Waals surface area contributed by atoms with Crippen LogP contribution in [-0.2, 0) is 6.42 Å². The lowest BCUT2D eigenvalue weighted by Crippen LogP contribution is -2.07. The Labute approximate surface area is 124 Å². The minimum atomic E-state index is -0.331. The van der Waals surface area contributed by atoms with Crippen molar-refractivity contribution in [1.29, 1.82) is 0 Å². The van der Waals surface area contributed by atoms with Crippen LogP contribution in [0.1, 0.15) is 31.0 Å². The predicted molar refractivity (Wildman–Crippen MR) is 81.4 cm³/mol. The zero-order valence-corrected chi connectivity index (χ0v) is 12.5. The average molecular weight is 289 g/mol. The van der Waals surface area contributed by atoms with Crippen molar-refractivity contribution < 1.29 is 13.9 Å². The first-order valence-electron chi connectivity index (χ1n) is 6.95. The SMILES string of the molecule is CCc1ccc(Oc2ccc(F)cc2C(C)N)c(OC)c1. The number of rotatable bonds is 5. The first kappa shape index (κ1) is 15.3. The highest BCUT2D eigenvalue weighted by atomic mass is 19.1. The lowest BCUT2D eigenvalue weighted by molar-refractivity contribution is 0.376. The molecular weight excluding hydrogens is 269 g/mol. The summed E-state index contributed by atoms with van der Waals surface area (Å²) in [7, 11) is 1.60. The standard InChI is InChI=1S/C17H20FNO2/c1-4-12-5-7-16(17(9-12)20-3)21-15-8-6-13(18)10-14(15)11(2)19/h5-11H,4,19H2,1-3H3. The quantitative estimate of drug-likeness (QED) is 0.896. The van der Waals surface area contributed by atoms with Crippen molar-refractivity contribution in [3.63, 3.8) is 0 Å². The second kappa shape index (κ2) is 6.59. The first-order valence-corrected chi connectivity index (χ1v) is 6.95. The maximum absolute atomic E-state index is 13.4. The second-order valence-corrected chi connectivity index (χ2v) is 4.91. The van der Waals surface area contributed by atoms with E-state index in [2.05, 4.69) is 6.92 Å². The summed E-state index contributed by atoms with van der Waals surface area (Å²) in [5.41, 5.74) is 7.66. The molecule has 112 valence electrons. The Morgan fingerprint density at radius 2 is 1.81 bits per heavy atom. The summed E-state index contributed by atoms with van der Waals surface area (Å²) in [5, 5.41) is 0. The van der Waals surface area contributed by atoms with Crippen LogP contribution >= 0.6 is 0 Å². The summed E-state index contributed by atoms with van der Waals surface area (Å²) in [6, 6.07) is 9.78. The monoisotopic (exact) mass is 289 g/mol. The van der Waals surface area contributed by atoms with Gasteiger partial charge in [-0.1, -0.05) is 13.0 Å². The van der Waals surface area contributed by atoms with E-state index in [1.54, 1.807) is 20.1 Å². The molecule has 0 heterocycles. The van der Waals surface area contributed by atoms with Gasteiger partial charge in [0.2, 0.25) is 0 Å². The number of methoxy groups -OCH3 is 1. The Balaban J connectivity index is 2.38. The molecule has 2 aromatic carbocycles. The molecule has 0 saturated heterocycles. The van der Waals surface area contributed by atoms with E-state index in [9.17, 15) is 4.39 Å². The van der Waals surface area contributed by atoms with Gasteiger partial charge in [-0.3, -0.25) is 0 Å². The number of hydrogen-bond acceptors (Lipinski definition) is 3. The molecule has 1 atom stereocenters. The van der Waals surface area contributed by atoms with Crippen molar-refractivity contribution in [3.05, 3.63) is 53.3 Å². The molecule has 4 heteroatoms. The van der Waals surface area contributed by atoms with E-state index in [1.807, 2.05) is 18.2 Å². The van der Waals surface area contributed by atoms with E-state index in [-0.39, 0.29) is 11.9 Å². The number of hydrogen-bond donors (Lipinski definition) is 1. The van der Waals surface area contributed by atoms with Crippen LogP contribution in [0.3, 0.4) is 0 Å². The van der Waals surface area contributed by atoms with Gasteiger partial charge in [0, 0.05) is 11.6 Å². The molecule has 2 rings (SSSR count). The first-order chi connectivity index (χ1) is 10.0. The van der Waals surface area contributed by atoms with Crippen molar-refractivity contribution in [1.82, 2.24) is 0 Å². The molecule has 3 nitrogen and oxygen atoms in total. The van der Waals surface area contributed by atoms with Crippen LogP contribution in [0.5, 0.6) is 17.2 Å². The van der Waals surface area contributed by atoms with Crippen molar-refractivity contribution in [2.24, 2.45) is 5.73 Å². The van der Waals surface area contributed by atoms with Crippen molar-refractivity contribution in [2.75, 3.05) is 7.11 Å². The van der Waals surface area contributed by atoms with Crippen LogP contribution in [0.4, 0.5) is 4.39 Å². The van der Waals surface area contributed by atoms with E-state index in [4.69, 9.17) is 15.2 Å². The van der Waals surface area contributed by atoms with Crippen LogP contribution in [-0.4, -0.2) is 7.11 Å². The van der Waals surface area contributed by atoms with Gasteiger partial charge in [0.15, 0.2) is 11.5 Å². The predicted octanol–water partition coefficient (Wildman–Crippen LogP) is 4.21. The lowest BCUT2D eigenvalue weighted by Gasteiger charge is -2.16. The maximum atomic E-state index is 13.4. The molecule has 0 aromatic heterocycles. The van der Waals surface area contributed by atoms with E-state index >= 15 is 0 Å². The second-order valence-electron chi connectivity index (χ2n) is 4.91. The van der Waals surface area contributed by atoms with E-state index < -0.39 is 0 Å². The van der Waals surface area contributed by atoms with Crippen LogP contribution in [0.25, 0.3) is 0 Å². The van der Waals surface area contributed by atoms with Crippen LogP contribution in [0.15, 0.2) is 36.4 Å². The molecule has 2 N–H and O–H groups in total. The summed E-state index contributed by atoms with van der Waals surface area (Å²) in [6.07, 6.45) is 0.915. The molecule has 0 radical (unpaired) electrons. The summed E-state index contributed by atoms with van der Waals surface area (Å²) < 4.78 is 24.6. The highest BCUT2D eigenvalue weighted by Gasteiger charge is 2.13. The van der Waals surface area contributed by atoms with Gasteiger partial charge in [-0.2, -0.15) is 0 Å². The number of halogens is 1. The van der Waals surface area contributed by atoms with Crippen LogP contribution in [0, 0.1) is 5.82 Å². The fourth-order valence-electron chi connectivity index (χ4n) is 2.10. The van der Waals surface area contributed by atoms with Crippen molar-refractivity contribution in [3.8, 4) is 17.2 Å². The summed E-state index contributed by atoms with van der Waals surface area (Å²) in [4.78, 5) is 0. The third-order valence-electron chi connectivity index (χ3n) is 3.32. The third-order valence-corrected chi connectivity index (χ3v) is 3.32. The minimum absolute atomic E-state index is 0.323. The Morgan fingerprint density at radius 1 is 1.10 bits per heavy atom. The Morgan fingerprint density at radius 3 is 2.43 bits per heavy atom. The summed E-state index contributed by atoms with van der Waals surface area (Å²) in [6.45, 7) is 3.86. The Bertz CT molecular complexity index is 626. The van der Waals surface area contributed by atoms with E-state index in [1.165, 1.54) is 12.1 Å². The van der Waals surface area contributed by atoms with Gasteiger partial charge < -0.3 is 15.2 Å². The van der Waals surface area contributed by atoms with Gasteiger partial charge in [-0.25, -0.2) is 4.39 Å². The molecule has 0 spiro atoms. The molecule has 0 bridgehead atoms. The molecule has 21 heavy (non-hydrogen) atoms. The highest BCUT2D eigenvalue weighted by molar-refractivity contribution is 5.47. The lowest BCUT2D eigenvalue weighted by atomic mass is 10.1.